The number of nitrogens with one attached hydrogen (secondary N) is 3. The molecule has 0 radical (unpaired) electrons. The maximum absolute atomic E-state index is 12.4. The van der Waals surface area contributed by atoms with Gasteiger partial charge in [0.05, 0.1) is 37.4 Å². The first kappa shape index (κ1) is 105. The summed E-state index contributed by atoms with van der Waals surface area (Å²) in [6.45, 7) is 17.3. The molecule has 708 valence electrons. The lowest BCUT2D eigenvalue weighted by atomic mass is 9.76. The molecular formula is C125H140BrN5O6. The zero-order valence-corrected chi connectivity index (χ0v) is 79.7. The lowest BCUT2D eigenvalue weighted by Gasteiger charge is -2.45. The van der Waals surface area contributed by atoms with Crippen LogP contribution in [0.3, 0.4) is 0 Å². The molecule has 1 aliphatic heterocycles. The smallest absolute Gasteiger partial charge is 0.134 e. The number of halogens is 1. The summed E-state index contributed by atoms with van der Waals surface area (Å²) in [6.07, 6.45) is 8.06. The van der Waals surface area contributed by atoms with E-state index in [9.17, 15) is 25.5 Å². The Balaban J connectivity index is 0.000000165. The number of fused-ring (bicyclic) bond motifs is 4. The van der Waals surface area contributed by atoms with Crippen LogP contribution in [0.25, 0.3) is 43.1 Å². The summed E-state index contributed by atoms with van der Waals surface area (Å²) < 4.78 is 6.69. The molecule has 8 N–H and O–H groups in total. The van der Waals surface area contributed by atoms with E-state index in [1.165, 1.54) is 72.4 Å². The van der Waals surface area contributed by atoms with Crippen LogP contribution in [0.2, 0.25) is 0 Å². The van der Waals surface area contributed by atoms with E-state index in [-0.39, 0.29) is 76.4 Å². The molecule has 0 bridgehead atoms. The Morgan fingerprint density at radius 3 is 1.13 bits per heavy atom. The van der Waals surface area contributed by atoms with Gasteiger partial charge in [0.15, 0.2) is 0 Å². The van der Waals surface area contributed by atoms with Gasteiger partial charge in [-0.1, -0.05) is 447 Å². The Kier molecular flexibility index (Phi) is 40.1. The molecule has 9 atom stereocenters. The van der Waals surface area contributed by atoms with Gasteiger partial charge in [-0.2, -0.15) is 0 Å². The minimum absolute atomic E-state index is 0. The Labute approximate surface area is 823 Å². The summed E-state index contributed by atoms with van der Waals surface area (Å²) in [5.41, 5.74) is 12.5. The second kappa shape index (κ2) is 52.5. The number of phenols is 3. The number of aliphatic hydroxyl groups is 2. The van der Waals surface area contributed by atoms with E-state index in [0.717, 1.165) is 124 Å². The lowest BCUT2D eigenvalue weighted by Crippen LogP contribution is -2.47. The highest BCUT2D eigenvalue weighted by molar-refractivity contribution is 9.10. The maximum Gasteiger partial charge on any atom is 0.134 e. The molecule has 1 fully saturated rings. The van der Waals surface area contributed by atoms with Crippen molar-refractivity contribution in [1.82, 2.24) is 25.8 Å². The molecule has 5 unspecified atom stereocenters. The summed E-state index contributed by atoms with van der Waals surface area (Å²) in [6, 6.07) is 139. The van der Waals surface area contributed by atoms with Crippen molar-refractivity contribution in [2.45, 2.75) is 169 Å². The van der Waals surface area contributed by atoms with Crippen LogP contribution in [-0.2, 0) is 5.60 Å². The molecule has 18 rings (SSSR count). The first-order chi connectivity index (χ1) is 65.5. The zero-order valence-electron chi connectivity index (χ0n) is 78.2. The first-order valence-electron chi connectivity index (χ1n) is 47.5. The van der Waals surface area contributed by atoms with Gasteiger partial charge in [-0.05, 0) is 209 Å². The number of ether oxygens (including phenoxy) is 1. The van der Waals surface area contributed by atoms with E-state index in [1.807, 2.05) is 212 Å². The number of nitrogens with zero attached hydrogens (tertiary/aromatic N) is 2. The summed E-state index contributed by atoms with van der Waals surface area (Å²) in [5, 5.41) is 75.8. The van der Waals surface area contributed by atoms with Gasteiger partial charge in [-0.3, -0.25) is 25.8 Å². The van der Waals surface area contributed by atoms with Gasteiger partial charge in [-0.15, -0.1) is 0 Å². The molecule has 17 aromatic rings. The molecule has 1 aliphatic rings. The molecule has 0 amide bonds. The van der Waals surface area contributed by atoms with Gasteiger partial charge in [0, 0.05) is 50.9 Å². The fourth-order valence-electron chi connectivity index (χ4n) is 18.9. The van der Waals surface area contributed by atoms with Gasteiger partial charge in [0.25, 0.3) is 0 Å². The molecule has 0 saturated carbocycles. The van der Waals surface area contributed by atoms with Crippen LogP contribution >= 0.6 is 15.9 Å². The third-order valence-electron chi connectivity index (χ3n) is 26.1. The van der Waals surface area contributed by atoms with Gasteiger partial charge in [0.2, 0.25) is 0 Å². The van der Waals surface area contributed by atoms with Crippen LogP contribution < -0.4 is 20.7 Å². The quantitative estimate of drug-likeness (QED) is 0.0217. The van der Waals surface area contributed by atoms with E-state index in [2.05, 4.69) is 265 Å². The molecule has 11 nitrogen and oxygen atoms in total. The van der Waals surface area contributed by atoms with E-state index in [1.54, 1.807) is 25.3 Å². The van der Waals surface area contributed by atoms with Gasteiger partial charge >= 0.3 is 0 Å². The topological polar surface area (TPSA) is 153 Å². The van der Waals surface area contributed by atoms with Crippen molar-refractivity contribution in [2.75, 3.05) is 33.3 Å². The Morgan fingerprint density at radius 1 is 0.350 bits per heavy atom. The molecule has 17 aromatic carbocycles. The zero-order chi connectivity index (χ0) is 93.6. The number of piperidine rings is 1. The van der Waals surface area contributed by atoms with E-state index < -0.39 is 11.7 Å². The molecule has 12 heteroatoms. The maximum atomic E-state index is 12.4. The fraction of sp³-hybridized carbons (Fsp3) is 0.248. The predicted molar refractivity (Wildman–Crippen MR) is 580 cm³/mol. The van der Waals surface area contributed by atoms with Crippen molar-refractivity contribution >= 4 is 59.0 Å². The number of hydrogen-bond donors (Lipinski definition) is 8. The van der Waals surface area contributed by atoms with Crippen molar-refractivity contribution in [3.8, 4) is 23.0 Å². The van der Waals surface area contributed by atoms with E-state index >= 15 is 0 Å². The van der Waals surface area contributed by atoms with Gasteiger partial charge in [-0.25, -0.2) is 0 Å². The Bertz CT molecular complexity index is 6390. The largest absolute Gasteiger partial charge is 0.508 e. The van der Waals surface area contributed by atoms with Crippen molar-refractivity contribution in [3.05, 3.63) is 489 Å². The number of para-hydroxylation sites is 1. The van der Waals surface area contributed by atoms with Crippen LogP contribution in [0, 0.1) is 0 Å². The van der Waals surface area contributed by atoms with Crippen LogP contribution in [0.4, 0.5) is 0 Å². The number of unbranched alkanes of at least 4 members (excludes halogenated alkanes) is 2. The van der Waals surface area contributed by atoms with Crippen molar-refractivity contribution < 1.29 is 30.3 Å². The monoisotopic (exact) mass is 1890 g/mol. The second-order valence-electron chi connectivity index (χ2n) is 35.0. The Morgan fingerprint density at radius 2 is 0.686 bits per heavy atom. The highest BCUT2D eigenvalue weighted by atomic mass is 79.9. The SMILES string of the molecule is C.C.C.CCCCN(CCCC)C(C)C(O)c1ccccc1.COc1ccccc1C(N[C@@H](C)c1ccccc1)c1c(O)ccc2ccccc12.C[C@H](NC(c1cccc2ccccc12)c1c(O)ccc2cc(Br)ccc12)c1ccccc1.C[C@H](NC(c1ccccc1)c1c(O)ccc2ccccc12)c1ccccc1.OC(c1ccccc1)(c1ccccc1)[C@H](c1ccccc1)N1CCCCC1. The summed E-state index contributed by atoms with van der Waals surface area (Å²) in [4.78, 5) is 4.91. The van der Waals surface area contributed by atoms with Crippen molar-refractivity contribution in [1.29, 1.82) is 0 Å². The number of aliphatic hydroxyl groups excluding tert-OH is 1. The lowest BCUT2D eigenvalue weighted by molar-refractivity contribution is -0.0299. The molecule has 0 spiro atoms. The van der Waals surface area contributed by atoms with Crippen LogP contribution in [0.15, 0.2) is 417 Å². The van der Waals surface area contributed by atoms with E-state index in [0.29, 0.717) is 11.5 Å². The number of phenolic OH excluding ortho intramolecular Hbond substituents is 3. The molecule has 0 aromatic heterocycles. The Hall–Kier alpha value is -12.8. The standard InChI is InChI=1S/C29H24BrNO.C26H25NO2.C25H27NO.C25H23NO.C17H29NO.3CH4/c1-19(20-8-3-2-4-9-20)31-29(26-13-7-11-21-10-5-6-12-24(21)26)28-25-16-15-23(30)18-22(25)14-17-27(28)32;1-18(19-10-4-3-5-11-19)27-26(22-14-8-9-15-24(22)29-2)25-21-13-7-6-12-20(21)16-17-23(25)28;27-25(22-15-7-2-8-16-22,23-17-9-3-10-18-23)24(21-13-5-1-6-14-21)26-19-11-4-12-20-26;1-18(19-10-4-2-5-11-19)26-25(21-13-6-3-7-14-21)24-22-15-9-8-12-20(22)16-17-23(24)27;1-4-6-13-18(14-7-5-2)15(3)17(19)16-11-9-8-10-12-16;;;/h2-19,29,31-32H,1H3;3-18,26-28H,1-2H3;1-3,5-10,13-18,24,27H,4,11-12,19-20H2;2-18,25-27H,1H3;8-12,15,17,19H,4-7,13-14H2,1-3H3;3*1H4/t19-,29?;18-,26?;24-;18-,25?;;;;/m0000..../s1. The summed E-state index contributed by atoms with van der Waals surface area (Å²) >= 11 is 3.58. The average Bonchev–Trinajstić information content (AvgIpc) is 0.747. The normalized spacial score (nSPS) is 13.9. The fourth-order valence-corrected chi connectivity index (χ4v) is 19.3. The average molecular weight is 1890 g/mol. The number of likely N-dealkylation sites (tertiary alicyclic amines) is 1. The van der Waals surface area contributed by atoms with E-state index in [4.69, 9.17) is 4.74 Å². The number of rotatable bonds is 30. The van der Waals surface area contributed by atoms with Crippen LogP contribution in [0.5, 0.6) is 23.0 Å². The summed E-state index contributed by atoms with van der Waals surface area (Å²) in [7, 11) is 1.68. The number of methoxy groups -OCH3 is 1. The van der Waals surface area contributed by atoms with Crippen molar-refractivity contribution in [2.24, 2.45) is 0 Å². The molecule has 0 aliphatic carbocycles. The minimum Gasteiger partial charge on any atom is -0.508 e. The second-order valence-corrected chi connectivity index (χ2v) is 35.9. The van der Waals surface area contributed by atoms with Crippen LogP contribution in [0.1, 0.15) is 229 Å². The number of hydrogen-bond acceptors (Lipinski definition) is 11. The van der Waals surface area contributed by atoms with Gasteiger partial charge < -0.3 is 30.3 Å². The summed E-state index contributed by atoms with van der Waals surface area (Å²) in [5.74, 6) is 1.67. The van der Waals surface area contributed by atoms with Gasteiger partial charge in [0.1, 0.15) is 28.6 Å². The highest BCUT2D eigenvalue weighted by Crippen LogP contribution is 2.48. The third-order valence-corrected chi connectivity index (χ3v) is 26.6. The molecule has 1 saturated heterocycles. The molecular weight excluding hydrogens is 1750 g/mol. The molecule has 137 heavy (non-hydrogen) atoms. The highest BCUT2D eigenvalue weighted by Gasteiger charge is 2.45. The third kappa shape index (κ3) is 26.5. The minimum atomic E-state index is -1.11. The van der Waals surface area contributed by atoms with Crippen molar-refractivity contribution in [3.63, 3.8) is 0 Å². The predicted octanol–water partition coefficient (Wildman–Crippen LogP) is 30.9. The molecule has 1 heterocycles. The number of aromatic hydroxyl groups is 3. The first-order valence-corrected chi connectivity index (χ1v) is 48.3. The van der Waals surface area contributed by atoms with Crippen LogP contribution in [-0.4, -0.2) is 74.7 Å². The number of benzene rings is 17.